The van der Waals surface area contributed by atoms with Crippen LogP contribution in [0.15, 0.2) is 273 Å². The second kappa shape index (κ2) is 18.1. The zero-order valence-corrected chi connectivity index (χ0v) is 49.3. The molecule has 6 aliphatic heterocycles. The Morgan fingerprint density at radius 1 is 0.172 bits per heavy atom. The molecule has 0 saturated heterocycles. The van der Waals surface area contributed by atoms with Gasteiger partial charge in [-0.1, -0.05) is 200 Å². The molecule has 1 aromatic heterocycles. The average Bonchev–Trinajstić information content (AvgIpc) is 1.47. The van der Waals surface area contributed by atoms with E-state index >= 15 is 0 Å². The van der Waals surface area contributed by atoms with Gasteiger partial charge in [0.25, 0.3) is 0 Å². The van der Waals surface area contributed by atoms with Crippen molar-refractivity contribution in [2.45, 2.75) is 0 Å². The van der Waals surface area contributed by atoms with Crippen LogP contribution in [0.3, 0.4) is 0 Å². The maximum Gasteiger partial charge on any atom is 0.196 e. The number of benzene rings is 12. The van der Waals surface area contributed by atoms with Crippen LogP contribution in [-0.2, 0) is 0 Å². The SMILES string of the molecule is c1ccc2c(c1)Oc1ccccc1[Si]21c2ccccc2Oc2cc(-c3nc(-c4ccc5c(c4)Oc4ccccc4[Si]54c5ccccc5Oc5ccccc54)nc(-c4ccc5c(c4)Oc4ccccc4[Si]54c5ccccc5Oc5ccccc54)n3)ccc21. The molecule has 0 bridgehead atoms. The molecule has 0 radical (unpaired) electrons. The highest BCUT2D eigenvalue weighted by molar-refractivity contribution is 7.23. The molecule has 13 aromatic rings. The summed E-state index contributed by atoms with van der Waals surface area (Å²) in [6, 6.07) is 95.9. The molecule has 0 fully saturated rings. The molecule has 3 spiro atoms. The van der Waals surface area contributed by atoms with Gasteiger partial charge in [0.2, 0.25) is 0 Å². The van der Waals surface area contributed by atoms with Crippen LogP contribution in [0.25, 0.3) is 34.2 Å². The standard InChI is InChI=1S/C75H45N3O6Si3/c1-10-28-61-49(19-1)79-50-20-2-11-29-62(50)85(61)67-34-16-7-25-55(67)82-58-43-46(37-40-70(58)85)73-76-74(47-38-41-71-59(44-47)83-56-26-8-17-35-68(56)86(71)63-30-12-3-21-51(63)80-52-22-4-13-31-64(52)86)78-75(77-73)48-39-42-72-60(45-48)84-57-27-9-18-36-69(57)87(72)65-32-14-5-23-53(65)81-54-24-6-15-33-66(54)87/h1-45H. The van der Waals surface area contributed by atoms with Gasteiger partial charge in [-0.2, -0.15) is 0 Å². The van der Waals surface area contributed by atoms with Crippen LogP contribution in [0.1, 0.15) is 0 Å². The first-order chi connectivity index (χ1) is 43.1. The molecule has 0 N–H and O–H groups in total. The molecule has 0 unspecified atom stereocenters. The van der Waals surface area contributed by atoms with Crippen molar-refractivity contribution >= 4 is 86.5 Å². The lowest BCUT2D eigenvalue weighted by Gasteiger charge is -2.43. The van der Waals surface area contributed by atoms with E-state index in [1.807, 2.05) is 54.6 Å². The van der Waals surface area contributed by atoms with Crippen LogP contribution in [-0.4, -0.2) is 39.2 Å². The summed E-state index contributed by atoms with van der Waals surface area (Å²) in [5, 5.41) is 13.9. The molecule has 408 valence electrons. The number of fused-ring (bicyclic) bond motifs is 24. The van der Waals surface area contributed by atoms with Crippen molar-refractivity contribution in [2.75, 3.05) is 0 Å². The van der Waals surface area contributed by atoms with Crippen molar-refractivity contribution in [3.05, 3.63) is 273 Å². The van der Waals surface area contributed by atoms with Gasteiger partial charge in [0.05, 0.1) is 0 Å². The summed E-state index contributed by atoms with van der Waals surface area (Å²) < 4.78 is 41.4. The van der Waals surface area contributed by atoms with Crippen molar-refractivity contribution in [1.29, 1.82) is 0 Å². The Bertz CT molecular complexity index is 4440. The van der Waals surface area contributed by atoms with Gasteiger partial charge < -0.3 is 28.4 Å². The molecule has 0 amide bonds. The molecule has 12 heteroatoms. The van der Waals surface area contributed by atoms with Crippen LogP contribution in [0, 0.1) is 0 Å². The third kappa shape index (κ3) is 6.57. The number of aromatic nitrogens is 3. The van der Waals surface area contributed by atoms with E-state index in [2.05, 4.69) is 218 Å². The Hall–Kier alpha value is -10.9. The molecule has 9 nitrogen and oxygen atoms in total. The summed E-state index contributed by atoms with van der Waals surface area (Å²) in [6.07, 6.45) is 0. The number of para-hydroxylation sites is 9. The molecule has 0 atom stereocenters. The summed E-state index contributed by atoms with van der Waals surface area (Å²) in [5.41, 5.74) is 2.31. The highest BCUT2D eigenvalue weighted by Gasteiger charge is 2.56. The first-order valence-corrected chi connectivity index (χ1v) is 35.2. The van der Waals surface area contributed by atoms with E-state index in [4.69, 9.17) is 43.4 Å². The zero-order chi connectivity index (χ0) is 57.0. The first kappa shape index (κ1) is 48.5. The number of hydrogen-bond acceptors (Lipinski definition) is 9. The van der Waals surface area contributed by atoms with E-state index in [1.165, 1.54) is 46.7 Å². The number of rotatable bonds is 3. The highest BCUT2D eigenvalue weighted by Crippen LogP contribution is 2.42. The van der Waals surface area contributed by atoms with Gasteiger partial charge in [-0.25, -0.2) is 15.0 Å². The van der Waals surface area contributed by atoms with E-state index in [-0.39, 0.29) is 0 Å². The lowest BCUT2D eigenvalue weighted by atomic mass is 10.1. The Balaban J connectivity index is 0.831. The van der Waals surface area contributed by atoms with Crippen LogP contribution in [0.2, 0.25) is 0 Å². The highest BCUT2D eigenvalue weighted by atomic mass is 28.3. The topological polar surface area (TPSA) is 94.1 Å². The smallest absolute Gasteiger partial charge is 0.196 e. The lowest BCUT2D eigenvalue weighted by molar-refractivity contribution is 0.481. The molecule has 0 saturated carbocycles. The Morgan fingerprint density at radius 3 is 0.529 bits per heavy atom. The third-order valence-electron chi connectivity index (χ3n) is 18.5. The Morgan fingerprint density at radius 2 is 0.333 bits per heavy atom. The fraction of sp³-hybridized carbons (Fsp3) is 0. The van der Waals surface area contributed by atoms with Gasteiger partial charge in [0.15, 0.2) is 41.7 Å². The summed E-state index contributed by atoms with van der Waals surface area (Å²) >= 11 is 0. The largest absolute Gasteiger partial charge is 0.458 e. The second-order valence-corrected chi connectivity index (χ2v) is 33.7. The molecular formula is C75H45N3O6Si3. The van der Waals surface area contributed by atoms with Gasteiger partial charge in [-0.15, -0.1) is 0 Å². The minimum atomic E-state index is -3.04. The van der Waals surface area contributed by atoms with E-state index < -0.39 is 24.2 Å². The van der Waals surface area contributed by atoms with Crippen molar-refractivity contribution in [3.63, 3.8) is 0 Å². The molecule has 0 aliphatic carbocycles. The third-order valence-corrected chi connectivity index (χ3v) is 33.2. The number of ether oxygens (including phenoxy) is 6. The lowest BCUT2D eigenvalue weighted by Crippen LogP contribution is -2.77. The van der Waals surface area contributed by atoms with E-state index in [0.29, 0.717) is 17.5 Å². The first-order valence-electron chi connectivity index (χ1n) is 29.2. The molecule has 6 aliphatic rings. The molecular weight excluding hydrogens is 1120 g/mol. The molecule has 7 heterocycles. The predicted molar refractivity (Wildman–Crippen MR) is 347 cm³/mol. The van der Waals surface area contributed by atoms with Crippen LogP contribution in [0.5, 0.6) is 69.0 Å². The maximum atomic E-state index is 7.10. The van der Waals surface area contributed by atoms with E-state index in [1.54, 1.807) is 0 Å². The predicted octanol–water partition coefficient (Wildman–Crippen LogP) is 9.64. The summed E-state index contributed by atoms with van der Waals surface area (Å²) in [5.74, 6) is 11.3. The average molecular weight is 1170 g/mol. The fourth-order valence-electron chi connectivity index (χ4n) is 15.0. The molecule has 19 rings (SSSR count). The normalized spacial score (nSPS) is 15.0. The van der Waals surface area contributed by atoms with Gasteiger partial charge >= 0.3 is 0 Å². The van der Waals surface area contributed by atoms with Gasteiger partial charge in [0, 0.05) is 16.7 Å². The molecule has 87 heavy (non-hydrogen) atoms. The van der Waals surface area contributed by atoms with Gasteiger partial charge in [0.1, 0.15) is 69.0 Å². The number of hydrogen-bond donors (Lipinski definition) is 0. The van der Waals surface area contributed by atoms with Crippen molar-refractivity contribution in [2.24, 2.45) is 0 Å². The zero-order valence-electron chi connectivity index (χ0n) is 46.3. The number of nitrogens with zero attached hydrogens (tertiary/aromatic N) is 3. The Labute approximate surface area is 503 Å². The van der Waals surface area contributed by atoms with Crippen LogP contribution >= 0.6 is 0 Å². The minimum absolute atomic E-state index is 0.480. The summed E-state index contributed by atoms with van der Waals surface area (Å²) in [6.45, 7) is 0. The van der Waals surface area contributed by atoms with Crippen LogP contribution < -0.4 is 90.7 Å². The van der Waals surface area contributed by atoms with Crippen molar-refractivity contribution < 1.29 is 28.4 Å². The monoisotopic (exact) mass is 1170 g/mol. The van der Waals surface area contributed by atoms with E-state index in [0.717, 1.165) is 101 Å². The molecule has 12 aromatic carbocycles. The Kier molecular flexibility index (Phi) is 10.1. The summed E-state index contributed by atoms with van der Waals surface area (Å²) in [7, 11) is -9.13. The van der Waals surface area contributed by atoms with Crippen molar-refractivity contribution in [3.8, 4) is 103 Å². The maximum absolute atomic E-state index is 7.10. The minimum Gasteiger partial charge on any atom is -0.458 e. The quantitative estimate of drug-likeness (QED) is 0.161. The summed E-state index contributed by atoms with van der Waals surface area (Å²) in [4.78, 5) is 16.5. The van der Waals surface area contributed by atoms with Crippen LogP contribution in [0.4, 0.5) is 0 Å². The van der Waals surface area contributed by atoms with E-state index in [9.17, 15) is 0 Å². The van der Waals surface area contributed by atoms with Gasteiger partial charge in [-0.05, 0) is 135 Å². The van der Waals surface area contributed by atoms with Crippen molar-refractivity contribution in [1.82, 2.24) is 15.0 Å². The van der Waals surface area contributed by atoms with Gasteiger partial charge in [-0.3, -0.25) is 0 Å². The fourth-order valence-corrected chi connectivity index (χ4v) is 30.4. The second-order valence-electron chi connectivity index (χ2n) is 22.8.